The maximum absolute atomic E-state index is 11.8. The number of benzene rings is 1. The Balaban J connectivity index is 1.75. The van der Waals surface area contributed by atoms with Gasteiger partial charge in [-0.3, -0.25) is 15.6 Å². The predicted molar refractivity (Wildman–Crippen MR) is 94.9 cm³/mol. The number of ether oxygens (including phenoxy) is 2. The third-order valence-corrected chi connectivity index (χ3v) is 3.89. The Labute approximate surface area is 145 Å². The van der Waals surface area contributed by atoms with E-state index >= 15 is 0 Å². The summed E-state index contributed by atoms with van der Waals surface area (Å²) >= 11 is 6.51. The molecule has 1 aliphatic rings. The third kappa shape index (κ3) is 6.15. The van der Waals surface area contributed by atoms with Crippen molar-refractivity contribution in [3.8, 4) is 11.5 Å². The summed E-state index contributed by atoms with van der Waals surface area (Å²) in [6.45, 7) is 7.07. The number of thioether (sulfide) groups is 1. The molecule has 2 rings (SSSR count). The number of nitrogens with one attached hydrogen (secondary N) is 3. The van der Waals surface area contributed by atoms with E-state index in [1.807, 2.05) is 39.0 Å². The maximum atomic E-state index is 11.8. The standard InChI is InChI=1S/C15H21N3O3S2/c1-15(2,3)16-14(22)18-17-13(19)9-23-10-4-5-11-12(8-10)21-7-6-20-11/h4-5,8H,6-7,9H2,1-3H3,(H,17,19)(H2,16,18,22). The van der Waals surface area contributed by atoms with Crippen molar-refractivity contribution < 1.29 is 14.3 Å². The van der Waals surface area contributed by atoms with E-state index in [1.54, 1.807) is 0 Å². The molecule has 0 aliphatic carbocycles. The zero-order chi connectivity index (χ0) is 16.9. The third-order valence-electron chi connectivity index (χ3n) is 2.69. The molecule has 0 saturated heterocycles. The van der Waals surface area contributed by atoms with Crippen LogP contribution in [0.1, 0.15) is 20.8 Å². The summed E-state index contributed by atoms with van der Waals surface area (Å²) in [5, 5.41) is 3.44. The molecule has 1 heterocycles. The maximum Gasteiger partial charge on any atom is 0.248 e. The van der Waals surface area contributed by atoms with Crippen LogP contribution in [0.15, 0.2) is 23.1 Å². The van der Waals surface area contributed by atoms with Crippen molar-refractivity contribution in [1.82, 2.24) is 16.2 Å². The first kappa shape index (κ1) is 17.7. The molecule has 1 amide bonds. The van der Waals surface area contributed by atoms with Crippen molar-refractivity contribution in [2.75, 3.05) is 19.0 Å². The second kappa shape index (κ2) is 7.74. The van der Waals surface area contributed by atoms with E-state index in [4.69, 9.17) is 21.7 Å². The van der Waals surface area contributed by atoms with Gasteiger partial charge in [0.1, 0.15) is 13.2 Å². The molecule has 6 nitrogen and oxygen atoms in total. The Morgan fingerprint density at radius 1 is 1.22 bits per heavy atom. The molecule has 0 spiro atoms. The molecule has 3 N–H and O–H groups in total. The molecule has 1 aromatic carbocycles. The van der Waals surface area contributed by atoms with Crippen LogP contribution in [-0.2, 0) is 4.79 Å². The van der Waals surface area contributed by atoms with Crippen LogP contribution in [0.4, 0.5) is 0 Å². The van der Waals surface area contributed by atoms with Gasteiger partial charge in [0.05, 0.1) is 5.75 Å². The first-order chi connectivity index (χ1) is 10.8. The van der Waals surface area contributed by atoms with Gasteiger partial charge < -0.3 is 14.8 Å². The average Bonchev–Trinajstić information content (AvgIpc) is 2.49. The molecule has 0 fully saturated rings. The molecule has 0 radical (unpaired) electrons. The van der Waals surface area contributed by atoms with Crippen molar-refractivity contribution in [2.45, 2.75) is 31.2 Å². The summed E-state index contributed by atoms with van der Waals surface area (Å²) in [6, 6.07) is 5.64. The van der Waals surface area contributed by atoms with Crippen LogP contribution in [0, 0.1) is 0 Å². The molecular weight excluding hydrogens is 334 g/mol. The molecule has 0 unspecified atom stereocenters. The summed E-state index contributed by atoms with van der Waals surface area (Å²) in [7, 11) is 0. The number of fused-ring (bicyclic) bond motifs is 1. The number of hydrazine groups is 1. The molecule has 8 heteroatoms. The lowest BCUT2D eigenvalue weighted by atomic mass is 10.1. The molecule has 1 aliphatic heterocycles. The Kier molecular flexibility index (Phi) is 5.95. The second-order valence-electron chi connectivity index (χ2n) is 5.97. The van der Waals surface area contributed by atoms with Crippen molar-refractivity contribution >= 4 is 35.0 Å². The fourth-order valence-electron chi connectivity index (χ4n) is 1.80. The summed E-state index contributed by atoms with van der Waals surface area (Å²) in [5.74, 6) is 1.56. The lowest BCUT2D eigenvalue weighted by Gasteiger charge is -2.23. The normalized spacial score (nSPS) is 13.2. The average molecular weight is 355 g/mol. The van der Waals surface area contributed by atoms with E-state index in [2.05, 4.69) is 16.2 Å². The highest BCUT2D eigenvalue weighted by Gasteiger charge is 2.13. The fourth-order valence-corrected chi connectivity index (χ4v) is 2.88. The predicted octanol–water partition coefficient (Wildman–Crippen LogP) is 1.84. The van der Waals surface area contributed by atoms with Gasteiger partial charge in [-0.2, -0.15) is 0 Å². The topological polar surface area (TPSA) is 71.6 Å². The van der Waals surface area contributed by atoms with E-state index < -0.39 is 0 Å². The SMILES string of the molecule is CC(C)(C)NC(=S)NNC(=O)CSc1ccc2c(c1)OCCO2. The number of carbonyl (C=O) groups excluding carboxylic acids is 1. The van der Waals surface area contributed by atoms with Gasteiger partial charge in [-0.15, -0.1) is 11.8 Å². The molecule has 126 valence electrons. The summed E-state index contributed by atoms with van der Waals surface area (Å²) in [6.07, 6.45) is 0. The van der Waals surface area contributed by atoms with Gasteiger partial charge in [0.15, 0.2) is 16.6 Å². The van der Waals surface area contributed by atoms with Gasteiger partial charge in [0.25, 0.3) is 0 Å². The van der Waals surface area contributed by atoms with Gasteiger partial charge in [-0.25, -0.2) is 0 Å². The van der Waals surface area contributed by atoms with Crippen LogP contribution in [0.25, 0.3) is 0 Å². The van der Waals surface area contributed by atoms with Crippen LogP contribution in [0.5, 0.6) is 11.5 Å². The van der Waals surface area contributed by atoms with Crippen LogP contribution >= 0.6 is 24.0 Å². The molecule has 23 heavy (non-hydrogen) atoms. The molecular formula is C15H21N3O3S2. The Morgan fingerprint density at radius 2 is 1.91 bits per heavy atom. The Morgan fingerprint density at radius 3 is 2.61 bits per heavy atom. The zero-order valence-electron chi connectivity index (χ0n) is 13.4. The van der Waals surface area contributed by atoms with E-state index in [-0.39, 0.29) is 17.2 Å². The van der Waals surface area contributed by atoms with E-state index in [1.165, 1.54) is 11.8 Å². The van der Waals surface area contributed by atoms with Gasteiger partial charge in [0, 0.05) is 10.4 Å². The summed E-state index contributed by atoms with van der Waals surface area (Å²) < 4.78 is 11.0. The largest absolute Gasteiger partial charge is 0.486 e. The monoisotopic (exact) mass is 355 g/mol. The summed E-state index contributed by atoms with van der Waals surface area (Å²) in [4.78, 5) is 12.8. The first-order valence-corrected chi connectivity index (χ1v) is 8.62. The van der Waals surface area contributed by atoms with E-state index in [0.717, 1.165) is 16.4 Å². The number of rotatable bonds is 3. The highest BCUT2D eigenvalue weighted by Crippen LogP contribution is 2.33. The smallest absolute Gasteiger partial charge is 0.248 e. The first-order valence-electron chi connectivity index (χ1n) is 7.23. The van der Waals surface area contributed by atoms with Gasteiger partial charge in [-0.1, -0.05) is 0 Å². The van der Waals surface area contributed by atoms with Crippen molar-refractivity contribution in [3.05, 3.63) is 18.2 Å². The van der Waals surface area contributed by atoms with E-state index in [0.29, 0.717) is 18.3 Å². The van der Waals surface area contributed by atoms with Crippen molar-refractivity contribution in [1.29, 1.82) is 0 Å². The van der Waals surface area contributed by atoms with Gasteiger partial charge in [0.2, 0.25) is 5.91 Å². The van der Waals surface area contributed by atoms with Crippen molar-refractivity contribution in [3.63, 3.8) is 0 Å². The molecule has 0 bridgehead atoms. The van der Waals surface area contributed by atoms with Crippen LogP contribution in [-0.4, -0.2) is 35.5 Å². The fraction of sp³-hybridized carbons (Fsp3) is 0.467. The minimum absolute atomic E-state index is 0.158. The minimum atomic E-state index is -0.164. The molecule has 0 atom stereocenters. The summed E-state index contributed by atoms with van der Waals surface area (Å²) in [5.41, 5.74) is 5.10. The number of thiocarbonyl (C=S) groups is 1. The van der Waals surface area contributed by atoms with Crippen LogP contribution < -0.4 is 25.6 Å². The number of hydrogen-bond donors (Lipinski definition) is 3. The zero-order valence-corrected chi connectivity index (χ0v) is 15.0. The lowest BCUT2D eigenvalue weighted by Crippen LogP contribution is -2.52. The van der Waals surface area contributed by atoms with Gasteiger partial charge in [-0.05, 0) is 51.2 Å². The second-order valence-corrected chi connectivity index (χ2v) is 7.43. The quantitative estimate of drug-likeness (QED) is 0.434. The molecule has 1 aromatic rings. The van der Waals surface area contributed by atoms with Crippen LogP contribution in [0.3, 0.4) is 0 Å². The van der Waals surface area contributed by atoms with Crippen LogP contribution in [0.2, 0.25) is 0 Å². The minimum Gasteiger partial charge on any atom is -0.486 e. The Hall–Kier alpha value is -1.67. The number of hydrogen-bond acceptors (Lipinski definition) is 5. The number of amides is 1. The number of carbonyl (C=O) groups is 1. The molecule has 0 aromatic heterocycles. The highest BCUT2D eigenvalue weighted by molar-refractivity contribution is 8.00. The van der Waals surface area contributed by atoms with E-state index in [9.17, 15) is 4.79 Å². The lowest BCUT2D eigenvalue weighted by molar-refractivity contribution is -0.119. The highest BCUT2D eigenvalue weighted by atomic mass is 32.2. The van der Waals surface area contributed by atoms with Gasteiger partial charge >= 0.3 is 0 Å². The Bertz CT molecular complexity index is 588. The molecule has 0 saturated carbocycles. The van der Waals surface area contributed by atoms with Crippen molar-refractivity contribution in [2.24, 2.45) is 0 Å².